The maximum Gasteiger partial charge on any atom is 0.142 e. The van der Waals surface area contributed by atoms with Crippen LogP contribution in [0, 0.1) is 0 Å². The first-order valence-corrected chi connectivity index (χ1v) is 5.77. The van der Waals surface area contributed by atoms with Crippen LogP contribution in [0.15, 0.2) is 67.3 Å². The average molecular weight is 245 g/mol. The Hall–Kier alpha value is -1.73. The van der Waals surface area contributed by atoms with Gasteiger partial charge in [-0.25, -0.2) is 0 Å². The van der Waals surface area contributed by atoms with E-state index in [0.29, 0.717) is 0 Å². The molecule has 0 radical (unpaired) electrons. The van der Waals surface area contributed by atoms with E-state index in [0.717, 1.165) is 16.3 Å². The molecule has 0 aliphatic carbocycles. The van der Waals surface area contributed by atoms with Crippen LogP contribution in [0.4, 0.5) is 0 Å². The van der Waals surface area contributed by atoms with Crippen molar-refractivity contribution in [3.05, 3.63) is 77.8 Å². The van der Waals surface area contributed by atoms with Gasteiger partial charge in [-0.2, -0.15) is 0 Å². The van der Waals surface area contributed by atoms with Crippen molar-refractivity contribution in [2.45, 2.75) is 6.10 Å². The minimum absolute atomic E-state index is 0.158. The number of benzene rings is 2. The Morgan fingerprint density at radius 2 is 1.65 bits per heavy atom. The highest BCUT2D eigenvalue weighted by atomic mass is 35.5. The summed E-state index contributed by atoms with van der Waals surface area (Å²) in [7, 11) is 0. The highest BCUT2D eigenvalue weighted by molar-refractivity contribution is 6.30. The van der Waals surface area contributed by atoms with Gasteiger partial charge in [0.1, 0.15) is 11.9 Å². The van der Waals surface area contributed by atoms with Crippen LogP contribution in [0.1, 0.15) is 11.7 Å². The van der Waals surface area contributed by atoms with E-state index in [9.17, 15) is 0 Å². The summed E-state index contributed by atoms with van der Waals surface area (Å²) >= 11 is 5.85. The zero-order valence-electron chi connectivity index (χ0n) is 9.34. The first-order chi connectivity index (χ1) is 8.29. The fourth-order valence-corrected chi connectivity index (χ4v) is 1.68. The topological polar surface area (TPSA) is 9.23 Å². The summed E-state index contributed by atoms with van der Waals surface area (Å²) in [5.41, 5.74) is 1.04. The Bertz CT molecular complexity index is 476. The molecule has 2 heteroatoms. The lowest BCUT2D eigenvalue weighted by Crippen LogP contribution is -2.03. The van der Waals surface area contributed by atoms with Gasteiger partial charge >= 0.3 is 0 Å². The van der Waals surface area contributed by atoms with Crippen LogP contribution in [0.2, 0.25) is 5.02 Å². The van der Waals surface area contributed by atoms with Crippen LogP contribution in [-0.4, -0.2) is 0 Å². The van der Waals surface area contributed by atoms with Crippen LogP contribution >= 0.6 is 11.6 Å². The van der Waals surface area contributed by atoms with Crippen molar-refractivity contribution < 1.29 is 4.74 Å². The predicted octanol–water partition coefficient (Wildman–Crippen LogP) is 4.65. The van der Waals surface area contributed by atoms with E-state index in [1.54, 1.807) is 6.08 Å². The molecule has 2 rings (SSSR count). The molecule has 1 unspecified atom stereocenters. The van der Waals surface area contributed by atoms with E-state index in [-0.39, 0.29) is 6.10 Å². The summed E-state index contributed by atoms with van der Waals surface area (Å²) in [6.07, 6.45) is 1.62. The lowest BCUT2D eigenvalue weighted by Gasteiger charge is -2.15. The summed E-state index contributed by atoms with van der Waals surface area (Å²) in [6, 6.07) is 17.3. The van der Waals surface area contributed by atoms with Gasteiger partial charge in [0, 0.05) is 5.02 Å². The Morgan fingerprint density at radius 3 is 2.24 bits per heavy atom. The average Bonchev–Trinajstić information content (AvgIpc) is 2.38. The van der Waals surface area contributed by atoms with Gasteiger partial charge in [-0.3, -0.25) is 0 Å². The SMILES string of the molecule is C=CC(Oc1ccccc1)c1ccc(Cl)cc1. The molecule has 0 fully saturated rings. The Balaban J connectivity index is 2.17. The van der Waals surface area contributed by atoms with E-state index in [2.05, 4.69) is 6.58 Å². The second-order valence-corrected chi connectivity index (χ2v) is 4.08. The normalized spacial score (nSPS) is 11.8. The van der Waals surface area contributed by atoms with Gasteiger partial charge in [0.2, 0.25) is 0 Å². The molecule has 1 atom stereocenters. The van der Waals surface area contributed by atoms with Gasteiger partial charge in [0.15, 0.2) is 0 Å². The second-order valence-electron chi connectivity index (χ2n) is 3.64. The quantitative estimate of drug-likeness (QED) is 0.712. The standard InChI is InChI=1S/C15H13ClO/c1-2-15(12-8-10-13(16)11-9-12)17-14-6-4-3-5-7-14/h2-11,15H,1H2. The molecule has 2 aromatic rings. The fourth-order valence-electron chi connectivity index (χ4n) is 1.55. The molecule has 0 spiro atoms. The molecule has 0 N–H and O–H groups in total. The third-order valence-electron chi connectivity index (χ3n) is 2.42. The second kappa shape index (κ2) is 5.55. The largest absolute Gasteiger partial charge is 0.482 e. The third-order valence-corrected chi connectivity index (χ3v) is 2.67. The summed E-state index contributed by atoms with van der Waals surface area (Å²) < 4.78 is 5.83. The lowest BCUT2D eigenvalue weighted by molar-refractivity contribution is 0.256. The number of rotatable bonds is 4. The van der Waals surface area contributed by atoms with Gasteiger partial charge in [-0.1, -0.05) is 48.5 Å². The smallest absolute Gasteiger partial charge is 0.142 e. The minimum atomic E-state index is -0.158. The first-order valence-electron chi connectivity index (χ1n) is 5.39. The highest BCUT2D eigenvalue weighted by Crippen LogP contribution is 2.23. The number of para-hydroxylation sites is 1. The summed E-state index contributed by atoms with van der Waals surface area (Å²) in [5.74, 6) is 0.826. The van der Waals surface area contributed by atoms with E-state index < -0.39 is 0 Å². The zero-order chi connectivity index (χ0) is 12.1. The molecular weight excluding hydrogens is 232 g/mol. The van der Waals surface area contributed by atoms with Crippen molar-refractivity contribution >= 4 is 11.6 Å². The number of hydrogen-bond donors (Lipinski definition) is 0. The molecule has 0 aromatic heterocycles. The van der Waals surface area contributed by atoms with Crippen molar-refractivity contribution in [3.8, 4) is 5.75 Å². The monoisotopic (exact) mass is 244 g/mol. The van der Waals surface area contributed by atoms with Gasteiger partial charge < -0.3 is 4.74 Å². The third kappa shape index (κ3) is 3.11. The van der Waals surface area contributed by atoms with Crippen LogP contribution < -0.4 is 4.74 Å². The Kier molecular flexibility index (Phi) is 3.84. The van der Waals surface area contributed by atoms with E-state index in [1.165, 1.54) is 0 Å². The van der Waals surface area contributed by atoms with Crippen molar-refractivity contribution in [2.75, 3.05) is 0 Å². The molecule has 0 heterocycles. The molecular formula is C15H13ClO. The van der Waals surface area contributed by atoms with Crippen molar-refractivity contribution in [3.63, 3.8) is 0 Å². The van der Waals surface area contributed by atoms with E-state index >= 15 is 0 Å². The van der Waals surface area contributed by atoms with Gasteiger partial charge in [0.05, 0.1) is 0 Å². The number of hydrogen-bond acceptors (Lipinski definition) is 1. The van der Waals surface area contributed by atoms with Crippen molar-refractivity contribution in [2.24, 2.45) is 0 Å². The summed E-state index contributed by atoms with van der Waals surface area (Å²) in [5, 5.41) is 0.719. The molecule has 1 nitrogen and oxygen atoms in total. The van der Waals surface area contributed by atoms with Crippen LogP contribution in [0.3, 0.4) is 0 Å². The first kappa shape index (κ1) is 11.7. The zero-order valence-corrected chi connectivity index (χ0v) is 10.1. The highest BCUT2D eigenvalue weighted by Gasteiger charge is 2.08. The maximum atomic E-state index is 5.85. The van der Waals surface area contributed by atoms with E-state index in [4.69, 9.17) is 16.3 Å². The van der Waals surface area contributed by atoms with E-state index in [1.807, 2.05) is 54.6 Å². The van der Waals surface area contributed by atoms with Gasteiger partial charge in [-0.05, 0) is 35.9 Å². The van der Waals surface area contributed by atoms with Crippen molar-refractivity contribution in [1.29, 1.82) is 0 Å². The maximum absolute atomic E-state index is 5.85. The van der Waals surface area contributed by atoms with Crippen LogP contribution in [0.25, 0.3) is 0 Å². The van der Waals surface area contributed by atoms with Gasteiger partial charge in [-0.15, -0.1) is 0 Å². The fraction of sp³-hybridized carbons (Fsp3) is 0.0667. The Labute approximate surface area is 106 Å². The van der Waals surface area contributed by atoms with Crippen molar-refractivity contribution in [1.82, 2.24) is 0 Å². The number of halogens is 1. The molecule has 0 saturated carbocycles. The molecule has 0 saturated heterocycles. The lowest BCUT2D eigenvalue weighted by atomic mass is 10.1. The van der Waals surface area contributed by atoms with Crippen LogP contribution in [-0.2, 0) is 0 Å². The molecule has 86 valence electrons. The molecule has 2 aromatic carbocycles. The predicted molar refractivity (Wildman–Crippen MR) is 71.5 cm³/mol. The van der Waals surface area contributed by atoms with Gasteiger partial charge in [0.25, 0.3) is 0 Å². The molecule has 0 aliphatic heterocycles. The number of ether oxygens (including phenoxy) is 1. The minimum Gasteiger partial charge on any atom is -0.482 e. The molecule has 17 heavy (non-hydrogen) atoms. The summed E-state index contributed by atoms with van der Waals surface area (Å²) in [6.45, 7) is 3.80. The summed E-state index contributed by atoms with van der Waals surface area (Å²) in [4.78, 5) is 0. The molecule has 0 aliphatic rings. The van der Waals surface area contributed by atoms with Crippen LogP contribution in [0.5, 0.6) is 5.75 Å². The Morgan fingerprint density at radius 1 is 1.00 bits per heavy atom. The molecule has 0 bridgehead atoms. The molecule has 0 amide bonds.